The average molecular weight is 275 g/mol. The lowest BCUT2D eigenvalue weighted by atomic mass is 9.75. The summed E-state index contributed by atoms with van der Waals surface area (Å²) in [5.41, 5.74) is 1.53. The number of thioether (sulfide) groups is 1. The molecule has 0 heterocycles. The fourth-order valence-electron chi connectivity index (χ4n) is 3.58. The summed E-state index contributed by atoms with van der Waals surface area (Å²) in [6.45, 7) is 2.29. The summed E-state index contributed by atoms with van der Waals surface area (Å²) in [6, 6.07) is 12.6. The lowest BCUT2D eigenvalue weighted by molar-refractivity contribution is 0.266. The second-order valence-corrected chi connectivity index (χ2v) is 7.49. The molecule has 1 aromatic carbocycles. The molecule has 2 unspecified atom stereocenters. The van der Waals surface area contributed by atoms with E-state index in [-0.39, 0.29) is 0 Å². The summed E-state index contributed by atoms with van der Waals surface area (Å²) >= 11 is 2.16. The van der Waals surface area contributed by atoms with Crippen molar-refractivity contribution in [3.05, 3.63) is 35.9 Å². The van der Waals surface area contributed by atoms with E-state index in [4.69, 9.17) is 0 Å². The molecule has 0 saturated heterocycles. The van der Waals surface area contributed by atoms with Crippen molar-refractivity contribution in [2.24, 2.45) is 0 Å². The van der Waals surface area contributed by atoms with Crippen molar-refractivity contribution >= 4 is 11.8 Å². The predicted octanol–water partition coefficient (Wildman–Crippen LogP) is 4.20. The van der Waals surface area contributed by atoms with Crippen LogP contribution < -0.4 is 5.32 Å². The van der Waals surface area contributed by atoms with Gasteiger partial charge in [0.25, 0.3) is 0 Å². The van der Waals surface area contributed by atoms with E-state index in [1.807, 2.05) is 0 Å². The SMILES string of the molecule is CCSC1CCCC1NC1CC(c2ccccc2)C1. The van der Waals surface area contributed by atoms with Crippen LogP contribution in [-0.4, -0.2) is 23.1 Å². The summed E-state index contributed by atoms with van der Waals surface area (Å²) in [4.78, 5) is 0. The van der Waals surface area contributed by atoms with Crippen molar-refractivity contribution < 1.29 is 0 Å². The second kappa shape index (κ2) is 6.32. The summed E-state index contributed by atoms with van der Waals surface area (Å²) in [5.74, 6) is 2.07. The van der Waals surface area contributed by atoms with Crippen LogP contribution >= 0.6 is 11.8 Å². The van der Waals surface area contributed by atoms with Gasteiger partial charge in [-0.1, -0.05) is 43.7 Å². The zero-order chi connectivity index (χ0) is 13.1. The van der Waals surface area contributed by atoms with Crippen LogP contribution in [0.15, 0.2) is 30.3 Å². The predicted molar refractivity (Wildman–Crippen MR) is 84.9 cm³/mol. The van der Waals surface area contributed by atoms with Crippen LogP contribution in [0.4, 0.5) is 0 Å². The van der Waals surface area contributed by atoms with Crippen molar-refractivity contribution in [3.63, 3.8) is 0 Å². The molecule has 1 nitrogen and oxygen atoms in total. The van der Waals surface area contributed by atoms with Crippen molar-refractivity contribution in [2.45, 2.75) is 62.3 Å². The summed E-state index contributed by atoms with van der Waals surface area (Å²) in [7, 11) is 0. The number of hydrogen-bond acceptors (Lipinski definition) is 2. The van der Waals surface area contributed by atoms with E-state index in [2.05, 4.69) is 54.3 Å². The average Bonchev–Trinajstić information content (AvgIpc) is 2.82. The first-order chi connectivity index (χ1) is 9.36. The Labute approximate surface area is 121 Å². The Bertz CT molecular complexity index is 386. The van der Waals surface area contributed by atoms with Crippen LogP contribution in [0.5, 0.6) is 0 Å². The largest absolute Gasteiger partial charge is 0.310 e. The van der Waals surface area contributed by atoms with Gasteiger partial charge in [0, 0.05) is 17.3 Å². The molecule has 0 bridgehead atoms. The van der Waals surface area contributed by atoms with Gasteiger partial charge in [0.1, 0.15) is 0 Å². The van der Waals surface area contributed by atoms with E-state index >= 15 is 0 Å². The molecular formula is C17H25NS. The van der Waals surface area contributed by atoms with E-state index in [0.29, 0.717) is 0 Å². The Morgan fingerprint density at radius 2 is 1.95 bits per heavy atom. The third-order valence-electron chi connectivity index (χ3n) is 4.69. The molecule has 1 N–H and O–H groups in total. The van der Waals surface area contributed by atoms with Crippen molar-refractivity contribution in [1.82, 2.24) is 5.32 Å². The number of hydrogen-bond donors (Lipinski definition) is 1. The Morgan fingerprint density at radius 1 is 1.16 bits per heavy atom. The lowest BCUT2D eigenvalue weighted by Crippen LogP contribution is -2.47. The van der Waals surface area contributed by atoms with Crippen LogP contribution in [0.2, 0.25) is 0 Å². The van der Waals surface area contributed by atoms with Gasteiger partial charge >= 0.3 is 0 Å². The van der Waals surface area contributed by atoms with Crippen LogP contribution in [-0.2, 0) is 0 Å². The zero-order valence-electron chi connectivity index (χ0n) is 11.8. The Kier molecular flexibility index (Phi) is 4.49. The maximum Gasteiger partial charge on any atom is 0.0201 e. The van der Waals surface area contributed by atoms with Crippen LogP contribution in [0.3, 0.4) is 0 Å². The summed E-state index contributed by atoms with van der Waals surface area (Å²) in [6.07, 6.45) is 6.91. The minimum Gasteiger partial charge on any atom is -0.310 e. The third-order valence-corrected chi connectivity index (χ3v) is 6.02. The summed E-state index contributed by atoms with van der Waals surface area (Å²) in [5, 5.41) is 4.80. The maximum atomic E-state index is 3.93. The standard InChI is InChI=1S/C17H25NS/c1-2-19-17-10-6-9-16(17)18-15-11-14(12-15)13-7-4-3-5-8-13/h3-5,7-8,14-18H,2,6,9-12H2,1H3. The Morgan fingerprint density at radius 3 is 2.68 bits per heavy atom. The van der Waals surface area contributed by atoms with E-state index in [0.717, 1.165) is 23.3 Å². The van der Waals surface area contributed by atoms with Gasteiger partial charge in [-0.15, -0.1) is 0 Å². The second-order valence-electron chi connectivity index (χ2n) is 5.97. The normalized spacial score (nSPS) is 34.2. The fourth-order valence-corrected chi connectivity index (χ4v) is 4.79. The molecule has 0 radical (unpaired) electrons. The topological polar surface area (TPSA) is 12.0 Å². The fraction of sp³-hybridized carbons (Fsp3) is 0.647. The third kappa shape index (κ3) is 3.17. The smallest absolute Gasteiger partial charge is 0.0201 e. The van der Waals surface area contributed by atoms with Gasteiger partial charge in [0.05, 0.1) is 0 Å². The molecule has 2 heteroatoms. The highest BCUT2D eigenvalue weighted by Gasteiger charge is 2.35. The molecule has 0 aliphatic heterocycles. The number of nitrogens with one attached hydrogen (secondary N) is 1. The van der Waals surface area contributed by atoms with Gasteiger partial charge in [0.15, 0.2) is 0 Å². The minimum absolute atomic E-state index is 0.772. The molecule has 2 fully saturated rings. The molecule has 0 amide bonds. The molecule has 0 spiro atoms. The highest BCUT2D eigenvalue weighted by atomic mass is 32.2. The van der Waals surface area contributed by atoms with Crippen LogP contribution in [0, 0.1) is 0 Å². The van der Waals surface area contributed by atoms with E-state index < -0.39 is 0 Å². The molecular weight excluding hydrogens is 250 g/mol. The molecule has 19 heavy (non-hydrogen) atoms. The van der Waals surface area contributed by atoms with Gasteiger partial charge in [-0.05, 0) is 42.9 Å². The summed E-state index contributed by atoms with van der Waals surface area (Å²) < 4.78 is 0. The maximum absolute atomic E-state index is 3.93. The lowest BCUT2D eigenvalue weighted by Gasteiger charge is -2.39. The van der Waals surface area contributed by atoms with E-state index in [1.54, 1.807) is 0 Å². The van der Waals surface area contributed by atoms with Gasteiger partial charge in [-0.2, -0.15) is 11.8 Å². The molecule has 104 valence electrons. The Hall–Kier alpha value is -0.470. The quantitative estimate of drug-likeness (QED) is 0.864. The number of benzene rings is 1. The number of rotatable bonds is 5. The highest BCUT2D eigenvalue weighted by Crippen LogP contribution is 2.38. The highest BCUT2D eigenvalue weighted by molar-refractivity contribution is 7.99. The van der Waals surface area contributed by atoms with Gasteiger partial charge < -0.3 is 5.32 Å². The van der Waals surface area contributed by atoms with Gasteiger partial charge in [-0.25, -0.2) is 0 Å². The monoisotopic (exact) mass is 275 g/mol. The van der Waals surface area contributed by atoms with Gasteiger partial charge in [-0.3, -0.25) is 0 Å². The van der Waals surface area contributed by atoms with E-state index in [9.17, 15) is 0 Å². The van der Waals surface area contributed by atoms with E-state index in [1.165, 1.54) is 43.4 Å². The molecule has 3 rings (SSSR count). The zero-order valence-corrected chi connectivity index (χ0v) is 12.7. The molecule has 0 aromatic heterocycles. The molecule has 1 aromatic rings. The molecule has 2 aliphatic carbocycles. The van der Waals surface area contributed by atoms with Crippen LogP contribution in [0.1, 0.15) is 50.5 Å². The molecule has 2 aliphatic rings. The molecule has 2 saturated carbocycles. The van der Waals surface area contributed by atoms with Crippen molar-refractivity contribution in [1.29, 1.82) is 0 Å². The van der Waals surface area contributed by atoms with Crippen LogP contribution in [0.25, 0.3) is 0 Å². The first-order valence-electron chi connectivity index (χ1n) is 7.79. The minimum atomic E-state index is 0.772. The Balaban J connectivity index is 1.46. The van der Waals surface area contributed by atoms with Gasteiger partial charge in [0.2, 0.25) is 0 Å². The first kappa shape index (κ1) is 13.5. The van der Waals surface area contributed by atoms with Crippen molar-refractivity contribution in [2.75, 3.05) is 5.75 Å². The first-order valence-corrected chi connectivity index (χ1v) is 8.84. The van der Waals surface area contributed by atoms with Crippen molar-refractivity contribution in [3.8, 4) is 0 Å². The molecule has 2 atom stereocenters.